The fraction of sp³-hybridized carbons (Fsp3) is 0.714. The number of nitrogens with two attached hydrogens (primary N) is 1. The quantitative estimate of drug-likeness (QED) is 0.775. The lowest BCUT2D eigenvalue weighted by molar-refractivity contribution is 0.824. The molecule has 0 saturated heterocycles. The summed E-state index contributed by atoms with van der Waals surface area (Å²) in [4.78, 5) is 0. The maximum Gasteiger partial charge on any atom is 0.0247 e. The van der Waals surface area contributed by atoms with Crippen LogP contribution < -0.4 is 5.73 Å². The fourth-order valence-electron chi connectivity index (χ4n) is 0.551. The number of rotatable bonds is 5. The SMILES string of the molecule is C=C(Br)CSC(C)CCN. The Labute approximate surface area is 75.6 Å². The summed E-state index contributed by atoms with van der Waals surface area (Å²) >= 11 is 5.19. The first-order valence-electron chi connectivity index (χ1n) is 3.31. The Kier molecular flexibility index (Phi) is 6.59. The molecule has 0 radical (unpaired) electrons. The van der Waals surface area contributed by atoms with Crippen molar-refractivity contribution in [1.82, 2.24) is 0 Å². The Hall–Kier alpha value is 0.530. The van der Waals surface area contributed by atoms with Crippen LogP contribution in [0.4, 0.5) is 0 Å². The van der Waals surface area contributed by atoms with Crippen molar-refractivity contribution in [1.29, 1.82) is 0 Å². The second-order valence-corrected chi connectivity index (χ2v) is 4.76. The molecule has 0 aromatic rings. The number of halogens is 1. The molecule has 1 atom stereocenters. The van der Waals surface area contributed by atoms with Gasteiger partial charge in [-0.05, 0) is 17.4 Å². The van der Waals surface area contributed by atoms with Crippen molar-refractivity contribution in [2.24, 2.45) is 5.73 Å². The molecule has 10 heavy (non-hydrogen) atoms. The van der Waals surface area contributed by atoms with E-state index in [0.29, 0.717) is 5.25 Å². The molecule has 0 aliphatic carbocycles. The van der Waals surface area contributed by atoms with Crippen LogP contribution in [0, 0.1) is 0 Å². The van der Waals surface area contributed by atoms with Crippen LogP contribution in [0.25, 0.3) is 0 Å². The predicted octanol–water partition coefficient (Wildman–Crippen LogP) is 2.37. The van der Waals surface area contributed by atoms with Crippen molar-refractivity contribution in [3.8, 4) is 0 Å². The van der Waals surface area contributed by atoms with Gasteiger partial charge in [0.15, 0.2) is 0 Å². The zero-order valence-corrected chi connectivity index (χ0v) is 8.67. The number of hydrogen-bond donors (Lipinski definition) is 1. The zero-order valence-electron chi connectivity index (χ0n) is 6.27. The van der Waals surface area contributed by atoms with Crippen LogP contribution >= 0.6 is 27.7 Å². The molecule has 0 aromatic heterocycles. The molecule has 3 heteroatoms. The van der Waals surface area contributed by atoms with Crippen molar-refractivity contribution < 1.29 is 0 Å². The summed E-state index contributed by atoms with van der Waals surface area (Å²) in [7, 11) is 0. The minimum Gasteiger partial charge on any atom is -0.330 e. The van der Waals surface area contributed by atoms with E-state index in [1.54, 1.807) is 0 Å². The fourth-order valence-corrected chi connectivity index (χ4v) is 1.72. The lowest BCUT2D eigenvalue weighted by Gasteiger charge is -2.07. The summed E-state index contributed by atoms with van der Waals surface area (Å²) in [6.07, 6.45) is 1.09. The van der Waals surface area contributed by atoms with E-state index in [2.05, 4.69) is 29.4 Å². The maximum absolute atomic E-state index is 5.39. The Balaban J connectivity index is 3.21. The van der Waals surface area contributed by atoms with Crippen LogP contribution in [0.15, 0.2) is 11.1 Å². The lowest BCUT2D eigenvalue weighted by atomic mass is 10.3. The summed E-state index contributed by atoms with van der Waals surface area (Å²) in [6.45, 7) is 6.72. The lowest BCUT2D eigenvalue weighted by Crippen LogP contribution is -2.07. The maximum atomic E-state index is 5.39. The second kappa shape index (κ2) is 6.25. The number of hydrogen-bond acceptors (Lipinski definition) is 2. The molecule has 0 rings (SSSR count). The summed E-state index contributed by atoms with van der Waals surface area (Å²) < 4.78 is 1.06. The Morgan fingerprint density at radius 3 is 2.80 bits per heavy atom. The molecule has 0 amide bonds. The highest BCUT2D eigenvalue weighted by molar-refractivity contribution is 9.11. The zero-order chi connectivity index (χ0) is 7.98. The van der Waals surface area contributed by atoms with E-state index >= 15 is 0 Å². The Bertz CT molecular complexity index is 106. The molecular formula is C7H14BrNS. The summed E-state index contributed by atoms with van der Waals surface area (Å²) in [5, 5.41) is 0.652. The molecule has 1 unspecified atom stereocenters. The highest BCUT2D eigenvalue weighted by Crippen LogP contribution is 2.18. The van der Waals surface area contributed by atoms with Crippen LogP contribution in [0.2, 0.25) is 0 Å². The van der Waals surface area contributed by atoms with Gasteiger partial charge >= 0.3 is 0 Å². The Morgan fingerprint density at radius 1 is 1.80 bits per heavy atom. The normalized spacial score (nSPS) is 13.1. The monoisotopic (exact) mass is 223 g/mol. The minimum absolute atomic E-state index is 0.652. The highest BCUT2D eigenvalue weighted by Gasteiger charge is 2.00. The minimum atomic E-state index is 0.652. The first kappa shape index (κ1) is 10.5. The van der Waals surface area contributed by atoms with Crippen LogP contribution in [0.3, 0.4) is 0 Å². The highest BCUT2D eigenvalue weighted by atomic mass is 79.9. The van der Waals surface area contributed by atoms with Gasteiger partial charge in [-0.2, -0.15) is 11.8 Å². The summed E-state index contributed by atoms with van der Waals surface area (Å²) in [5.41, 5.74) is 5.39. The molecular weight excluding hydrogens is 210 g/mol. The van der Waals surface area contributed by atoms with Crippen LogP contribution in [-0.4, -0.2) is 17.5 Å². The topological polar surface area (TPSA) is 26.0 Å². The summed E-state index contributed by atoms with van der Waals surface area (Å²) in [6, 6.07) is 0. The molecule has 1 nitrogen and oxygen atoms in total. The molecule has 0 spiro atoms. The molecule has 0 heterocycles. The molecule has 0 bridgehead atoms. The van der Waals surface area contributed by atoms with E-state index < -0.39 is 0 Å². The van der Waals surface area contributed by atoms with E-state index in [1.807, 2.05) is 11.8 Å². The van der Waals surface area contributed by atoms with E-state index in [-0.39, 0.29) is 0 Å². The van der Waals surface area contributed by atoms with Crippen molar-refractivity contribution in [2.75, 3.05) is 12.3 Å². The van der Waals surface area contributed by atoms with Gasteiger partial charge in [0.25, 0.3) is 0 Å². The largest absolute Gasteiger partial charge is 0.330 e. The molecule has 2 N–H and O–H groups in total. The number of thioether (sulfide) groups is 1. The standard InChI is InChI=1S/C7H14BrNS/c1-6(8)5-10-7(2)3-4-9/h7H,1,3-5,9H2,2H3. The molecule has 60 valence electrons. The van der Waals surface area contributed by atoms with Crippen LogP contribution in [0.1, 0.15) is 13.3 Å². The van der Waals surface area contributed by atoms with Gasteiger partial charge in [0.05, 0.1) is 0 Å². The predicted molar refractivity (Wildman–Crippen MR) is 53.7 cm³/mol. The third kappa shape index (κ3) is 6.65. The molecule has 0 aromatic carbocycles. The molecule has 0 aliphatic heterocycles. The molecule has 0 fully saturated rings. The van der Waals surface area contributed by atoms with E-state index in [4.69, 9.17) is 5.73 Å². The third-order valence-electron chi connectivity index (χ3n) is 1.10. The van der Waals surface area contributed by atoms with Crippen LogP contribution in [0.5, 0.6) is 0 Å². The van der Waals surface area contributed by atoms with Gasteiger partial charge in [-0.3, -0.25) is 0 Å². The van der Waals surface area contributed by atoms with Gasteiger partial charge in [-0.15, -0.1) is 0 Å². The van der Waals surface area contributed by atoms with E-state index in [1.165, 1.54) is 0 Å². The van der Waals surface area contributed by atoms with Gasteiger partial charge in [0, 0.05) is 11.0 Å². The molecule has 0 saturated carbocycles. The van der Waals surface area contributed by atoms with Crippen molar-refractivity contribution in [2.45, 2.75) is 18.6 Å². The second-order valence-electron chi connectivity index (χ2n) is 2.22. The van der Waals surface area contributed by atoms with Crippen molar-refractivity contribution in [3.05, 3.63) is 11.1 Å². The van der Waals surface area contributed by atoms with Gasteiger partial charge in [-0.25, -0.2) is 0 Å². The first-order valence-corrected chi connectivity index (χ1v) is 5.16. The van der Waals surface area contributed by atoms with Gasteiger partial charge in [-0.1, -0.05) is 29.4 Å². The first-order chi connectivity index (χ1) is 4.66. The van der Waals surface area contributed by atoms with Crippen molar-refractivity contribution in [3.63, 3.8) is 0 Å². The van der Waals surface area contributed by atoms with E-state index in [9.17, 15) is 0 Å². The van der Waals surface area contributed by atoms with Crippen molar-refractivity contribution >= 4 is 27.7 Å². The average Bonchev–Trinajstić information content (AvgIpc) is 1.85. The third-order valence-corrected chi connectivity index (χ3v) is 3.07. The van der Waals surface area contributed by atoms with Gasteiger partial charge < -0.3 is 5.73 Å². The Morgan fingerprint density at radius 2 is 2.40 bits per heavy atom. The molecule has 0 aliphatic rings. The van der Waals surface area contributed by atoms with Crippen LogP contribution in [-0.2, 0) is 0 Å². The summed E-state index contributed by atoms with van der Waals surface area (Å²) in [5.74, 6) is 0.987. The van der Waals surface area contributed by atoms with Gasteiger partial charge in [0.2, 0.25) is 0 Å². The average molecular weight is 224 g/mol. The van der Waals surface area contributed by atoms with Gasteiger partial charge in [0.1, 0.15) is 0 Å². The smallest absolute Gasteiger partial charge is 0.0247 e. The van der Waals surface area contributed by atoms with E-state index in [0.717, 1.165) is 23.2 Å².